The van der Waals surface area contributed by atoms with E-state index in [1.54, 1.807) is 11.3 Å². The van der Waals surface area contributed by atoms with Gasteiger partial charge in [-0.15, -0.1) is 22.7 Å². The summed E-state index contributed by atoms with van der Waals surface area (Å²) in [6, 6.07) is 11.4. The largest absolute Gasteiger partial charge is 0.493 e. The molecule has 0 amide bonds. The molecule has 0 aliphatic heterocycles. The number of thiophene rings is 2. The molecule has 2 aromatic heterocycles. The Balaban J connectivity index is 2.01. The Hall–Kier alpha value is -1.65. The van der Waals surface area contributed by atoms with E-state index in [1.807, 2.05) is 42.6 Å². The van der Waals surface area contributed by atoms with Gasteiger partial charge in [-0.05, 0) is 36.6 Å². The number of para-hydroxylation sites is 1. The minimum atomic E-state index is 0.0393. The van der Waals surface area contributed by atoms with Crippen molar-refractivity contribution in [1.82, 2.24) is 0 Å². The molecule has 0 aliphatic carbocycles. The molecule has 0 aliphatic rings. The van der Waals surface area contributed by atoms with Gasteiger partial charge in [0.1, 0.15) is 5.75 Å². The van der Waals surface area contributed by atoms with Crippen LogP contribution in [0.3, 0.4) is 0 Å². The van der Waals surface area contributed by atoms with Crippen molar-refractivity contribution < 1.29 is 9.53 Å². The van der Waals surface area contributed by atoms with Crippen LogP contribution in [0.2, 0.25) is 0 Å². The van der Waals surface area contributed by atoms with E-state index in [9.17, 15) is 4.79 Å². The maximum Gasteiger partial charge on any atom is 0.206 e. The van der Waals surface area contributed by atoms with Crippen LogP contribution in [0.4, 0.5) is 0 Å². The van der Waals surface area contributed by atoms with Crippen LogP contribution < -0.4 is 4.74 Å². The van der Waals surface area contributed by atoms with Gasteiger partial charge in [-0.25, -0.2) is 0 Å². The number of fused-ring (bicyclic) bond motifs is 1. The Kier molecular flexibility index (Phi) is 3.36. The molecule has 0 saturated heterocycles. The molecule has 3 aromatic rings. The summed E-state index contributed by atoms with van der Waals surface area (Å²) < 4.78 is 7.86. The Morgan fingerprint density at radius 3 is 2.84 bits per heavy atom. The molecule has 2 heterocycles. The molecule has 0 spiro atoms. The number of benzene rings is 1. The molecular weight excluding hydrogens is 276 g/mol. The van der Waals surface area contributed by atoms with Crippen LogP contribution in [0, 0.1) is 0 Å². The maximum absolute atomic E-state index is 12.5. The van der Waals surface area contributed by atoms with Crippen molar-refractivity contribution in [3.63, 3.8) is 0 Å². The lowest BCUT2D eigenvalue weighted by molar-refractivity contribution is 0.103. The van der Waals surface area contributed by atoms with E-state index in [-0.39, 0.29) is 5.78 Å². The number of carbonyl (C=O) groups is 1. The summed E-state index contributed by atoms with van der Waals surface area (Å²) in [4.78, 5) is 13.3. The lowest BCUT2D eigenvalue weighted by atomic mass is 10.1. The van der Waals surface area contributed by atoms with Crippen molar-refractivity contribution in [2.24, 2.45) is 0 Å². The monoisotopic (exact) mass is 288 g/mol. The first-order valence-corrected chi connectivity index (χ1v) is 7.72. The van der Waals surface area contributed by atoms with E-state index in [0.717, 1.165) is 4.88 Å². The molecule has 2 nitrogen and oxygen atoms in total. The van der Waals surface area contributed by atoms with Gasteiger partial charge in [-0.3, -0.25) is 4.79 Å². The van der Waals surface area contributed by atoms with Gasteiger partial charge in [0, 0.05) is 9.40 Å². The second-order valence-electron chi connectivity index (χ2n) is 4.02. The molecule has 0 fully saturated rings. The first-order valence-electron chi connectivity index (χ1n) is 6.03. The Morgan fingerprint density at radius 2 is 2.05 bits per heavy atom. The van der Waals surface area contributed by atoms with Crippen LogP contribution in [0.25, 0.3) is 9.40 Å². The zero-order chi connectivity index (χ0) is 13.2. The first kappa shape index (κ1) is 12.4. The summed E-state index contributed by atoms with van der Waals surface area (Å²) in [5.41, 5.74) is 0.637. The molecule has 0 N–H and O–H groups in total. The van der Waals surface area contributed by atoms with Gasteiger partial charge in [0.05, 0.1) is 17.0 Å². The Bertz CT molecular complexity index is 696. The Morgan fingerprint density at radius 1 is 1.21 bits per heavy atom. The molecule has 0 atom stereocenters. The molecule has 3 rings (SSSR count). The molecule has 0 bridgehead atoms. The van der Waals surface area contributed by atoms with Gasteiger partial charge in [0.15, 0.2) is 0 Å². The predicted octanol–water partition coefficient (Wildman–Crippen LogP) is 4.59. The number of carbonyl (C=O) groups excluding carboxylic acids is 1. The molecule has 19 heavy (non-hydrogen) atoms. The van der Waals surface area contributed by atoms with Crippen molar-refractivity contribution >= 4 is 37.9 Å². The molecule has 0 radical (unpaired) electrons. The fourth-order valence-corrected chi connectivity index (χ4v) is 4.01. The third-order valence-corrected chi connectivity index (χ3v) is 4.89. The average Bonchev–Trinajstić information content (AvgIpc) is 2.99. The molecule has 0 unspecified atom stereocenters. The lowest BCUT2D eigenvalue weighted by Gasteiger charge is -2.07. The molecule has 4 heteroatoms. The van der Waals surface area contributed by atoms with Gasteiger partial charge in [0.2, 0.25) is 5.78 Å². The molecular formula is C15H12O2S2. The van der Waals surface area contributed by atoms with Crippen molar-refractivity contribution in [2.45, 2.75) is 6.92 Å². The van der Waals surface area contributed by atoms with Crippen molar-refractivity contribution in [3.05, 3.63) is 52.2 Å². The average molecular weight is 288 g/mol. The summed E-state index contributed by atoms with van der Waals surface area (Å²) in [7, 11) is 0. The summed E-state index contributed by atoms with van der Waals surface area (Å²) in [5, 5.41) is 2.05. The first-order chi connectivity index (χ1) is 9.29. The van der Waals surface area contributed by atoms with E-state index in [1.165, 1.54) is 20.7 Å². The van der Waals surface area contributed by atoms with Gasteiger partial charge >= 0.3 is 0 Å². The summed E-state index contributed by atoms with van der Waals surface area (Å²) in [6.45, 7) is 2.48. The highest BCUT2D eigenvalue weighted by atomic mass is 32.1. The van der Waals surface area contributed by atoms with Crippen LogP contribution in [-0.2, 0) is 0 Å². The number of ketones is 1. The van der Waals surface area contributed by atoms with Gasteiger partial charge in [0.25, 0.3) is 0 Å². The van der Waals surface area contributed by atoms with Crippen LogP contribution in [-0.4, -0.2) is 12.4 Å². The summed E-state index contributed by atoms with van der Waals surface area (Å²) in [6.07, 6.45) is 0. The summed E-state index contributed by atoms with van der Waals surface area (Å²) in [5.74, 6) is 0.698. The fraction of sp³-hybridized carbons (Fsp3) is 0.133. The number of ether oxygens (including phenoxy) is 1. The third-order valence-electron chi connectivity index (χ3n) is 2.79. The highest BCUT2D eigenvalue weighted by molar-refractivity contribution is 7.28. The van der Waals surface area contributed by atoms with Crippen LogP contribution in [0.1, 0.15) is 22.2 Å². The van der Waals surface area contributed by atoms with E-state index < -0.39 is 0 Å². The van der Waals surface area contributed by atoms with Crippen molar-refractivity contribution in [1.29, 1.82) is 0 Å². The van der Waals surface area contributed by atoms with E-state index in [0.29, 0.717) is 17.9 Å². The summed E-state index contributed by atoms with van der Waals surface area (Å²) >= 11 is 3.20. The topological polar surface area (TPSA) is 26.3 Å². The lowest BCUT2D eigenvalue weighted by Crippen LogP contribution is -2.03. The van der Waals surface area contributed by atoms with Gasteiger partial charge in [-0.2, -0.15) is 0 Å². The SMILES string of the molecule is CCOc1ccccc1C(=O)c1cc2sccc2s1. The quantitative estimate of drug-likeness (QED) is 0.656. The van der Waals surface area contributed by atoms with Crippen molar-refractivity contribution in [3.8, 4) is 5.75 Å². The predicted molar refractivity (Wildman–Crippen MR) is 80.7 cm³/mol. The van der Waals surface area contributed by atoms with Crippen LogP contribution >= 0.6 is 22.7 Å². The standard InChI is InChI=1S/C15H12O2S2/c1-2-17-11-6-4-3-5-10(11)15(16)14-9-13-12(19-14)7-8-18-13/h3-9H,2H2,1H3. The normalized spacial score (nSPS) is 10.8. The smallest absolute Gasteiger partial charge is 0.206 e. The van der Waals surface area contributed by atoms with Crippen LogP contribution in [0.15, 0.2) is 41.8 Å². The maximum atomic E-state index is 12.5. The number of hydrogen-bond donors (Lipinski definition) is 0. The van der Waals surface area contributed by atoms with Gasteiger partial charge in [-0.1, -0.05) is 12.1 Å². The third kappa shape index (κ3) is 2.29. The van der Waals surface area contributed by atoms with E-state index in [2.05, 4.69) is 6.07 Å². The van der Waals surface area contributed by atoms with Crippen LogP contribution in [0.5, 0.6) is 5.75 Å². The molecule has 96 valence electrons. The van der Waals surface area contributed by atoms with E-state index >= 15 is 0 Å². The second-order valence-corrected chi connectivity index (χ2v) is 6.05. The Labute approximate surface area is 119 Å². The number of rotatable bonds is 4. The zero-order valence-corrected chi connectivity index (χ0v) is 12.0. The minimum absolute atomic E-state index is 0.0393. The van der Waals surface area contributed by atoms with E-state index in [4.69, 9.17) is 4.74 Å². The molecule has 0 saturated carbocycles. The highest BCUT2D eigenvalue weighted by Gasteiger charge is 2.17. The van der Waals surface area contributed by atoms with Gasteiger partial charge < -0.3 is 4.74 Å². The highest BCUT2D eigenvalue weighted by Crippen LogP contribution is 2.32. The second kappa shape index (κ2) is 5.15. The van der Waals surface area contributed by atoms with Crippen molar-refractivity contribution in [2.75, 3.05) is 6.61 Å². The fourth-order valence-electron chi connectivity index (χ4n) is 1.95. The number of hydrogen-bond acceptors (Lipinski definition) is 4. The minimum Gasteiger partial charge on any atom is -0.493 e. The zero-order valence-electron chi connectivity index (χ0n) is 10.4. The molecule has 1 aromatic carbocycles.